The molecule has 0 fully saturated rings. The van der Waals surface area contributed by atoms with Gasteiger partial charge in [-0.3, -0.25) is 0 Å². The first-order valence-corrected chi connectivity index (χ1v) is 10.9. The third-order valence-electron chi connectivity index (χ3n) is 4.24. The molecule has 0 aliphatic heterocycles. The van der Waals surface area contributed by atoms with Gasteiger partial charge in [0.1, 0.15) is 0 Å². The van der Waals surface area contributed by atoms with Gasteiger partial charge in [0.25, 0.3) is 0 Å². The maximum absolute atomic E-state index is 12.7. The molecular formula is C20H26O2S2. The first kappa shape index (κ1) is 19.1. The molecule has 4 heteroatoms. The Morgan fingerprint density at radius 3 is 1.88 bits per heavy atom. The van der Waals surface area contributed by atoms with Crippen molar-refractivity contribution in [3.8, 4) is 0 Å². The van der Waals surface area contributed by atoms with Crippen LogP contribution < -0.4 is 0 Å². The highest BCUT2D eigenvalue weighted by atomic mass is 32.2. The van der Waals surface area contributed by atoms with Crippen LogP contribution in [-0.4, -0.2) is 19.9 Å². The smallest absolute Gasteiger partial charge is 0.178 e. The number of benzene rings is 2. The van der Waals surface area contributed by atoms with E-state index in [2.05, 4.69) is 45.0 Å². The molecule has 0 spiro atoms. The molecule has 0 radical (unpaired) electrons. The molecule has 1 unspecified atom stereocenters. The molecule has 0 amide bonds. The second-order valence-corrected chi connectivity index (χ2v) is 9.85. The molecule has 0 N–H and O–H groups in total. The van der Waals surface area contributed by atoms with Gasteiger partial charge in [0, 0.05) is 10.6 Å². The lowest BCUT2D eigenvalue weighted by Gasteiger charge is -2.20. The lowest BCUT2D eigenvalue weighted by atomic mass is 10.0. The van der Waals surface area contributed by atoms with Crippen LogP contribution in [0.5, 0.6) is 0 Å². The monoisotopic (exact) mass is 362 g/mol. The van der Waals surface area contributed by atoms with Crippen molar-refractivity contribution in [3.05, 3.63) is 59.7 Å². The average Bonchev–Trinajstić information content (AvgIpc) is 2.53. The molecule has 2 nitrogen and oxygen atoms in total. The first-order valence-electron chi connectivity index (χ1n) is 8.27. The maximum atomic E-state index is 12.7. The Kier molecular flexibility index (Phi) is 6.53. The van der Waals surface area contributed by atoms with E-state index in [4.69, 9.17) is 0 Å². The van der Waals surface area contributed by atoms with E-state index in [1.807, 2.05) is 19.1 Å². The van der Waals surface area contributed by atoms with Gasteiger partial charge < -0.3 is 0 Å². The van der Waals surface area contributed by atoms with Crippen LogP contribution >= 0.6 is 11.8 Å². The van der Waals surface area contributed by atoms with Crippen LogP contribution in [0.2, 0.25) is 0 Å². The normalized spacial score (nSPS) is 13.2. The van der Waals surface area contributed by atoms with Crippen molar-refractivity contribution in [2.75, 3.05) is 11.5 Å². The van der Waals surface area contributed by atoms with E-state index in [9.17, 15) is 8.42 Å². The van der Waals surface area contributed by atoms with Gasteiger partial charge in [0.05, 0.1) is 10.6 Å². The predicted molar refractivity (Wildman–Crippen MR) is 103 cm³/mol. The standard InChI is InChI=1S/C20H26O2S2/c1-15(2)18(13-23-19-9-5-16(3)6-10-19)14-24(21,22)20-11-7-17(4)8-12-20/h5-12,15,18H,13-14H2,1-4H3. The minimum atomic E-state index is -3.25. The van der Waals surface area contributed by atoms with E-state index in [0.717, 1.165) is 11.3 Å². The Balaban J connectivity index is 2.07. The summed E-state index contributed by atoms with van der Waals surface area (Å²) in [6.07, 6.45) is 0. The minimum Gasteiger partial charge on any atom is -0.224 e. The highest BCUT2D eigenvalue weighted by Gasteiger charge is 2.24. The van der Waals surface area contributed by atoms with Gasteiger partial charge in [-0.25, -0.2) is 8.42 Å². The van der Waals surface area contributed by atoms with Gasteiger partial charge in [0.2, 0.25) is 0 Å². The second kappa shape index (κ2) is 8.21. The Hall–Kier alpha value is -1.26. The Bertz CT molecular complexity index is 745. The molecule has 0 heterocycles. The number of hydrogen-bond donors (Lipinski definition) is 0. The Labute approximate surface area is 150 Å². The number of aryl methyl sites for hydroxylation is 2. The summed E-state index contributed by atoms with van der Waals surface area (Å²) in [5.41, 5.74) is 2.31. The first-order chi connectivity index (χ1) is 11.3. The minimum absolute atomic E-state index is 0.127. The van der Waals surface area contributed by atoms with Gasteiger partial charge in [-0.2, -0.15) is 0 Å². The molecule has 24 heavy (non-hydrogen) atoms. The summed E-state index contributed by atoms with van der Waals surface area (Å²) in [7, 11) is -3.25. The van der Waals surface area contributed by atoms with E-state index in [1.165, 1.54) is 10.5 Å². The third kappa shape index (κ3) is 5.38. The predicted octanol–water partition coefficient (Wildman–Crippen LogP) is 5.14. The van der Waals surface area contributed by atoms with Crippen LogP contribution in [0.25, 0.3) is 0 Å². The van der Waals surface area contributed by atoms with Gasteiger partial charge in [-0.1, -0.05) is 49.2 Å². The van der Waals surface area contributed by atoms with Gasteiger partial charge in [0.15, 0.2) is 9.84 Å². The zero-order valence-electron chi connectivity index (χ0n) is 14.8. The van der Waals surface area contributed by atoms with Crippen LogP contribution in [0, 0.1) is 25.7 Å². The molecule has 0 aliphatic carbocycles. The number of hydrogen-bond acceptors (Lipinski definition) is 3. The van der Waals surface area contributed by atoms with Crippen molar-refractivity contribution in [2.24, 2.45) is 11.8 Å². The van der Waals surface area contributed by atoms with Crippen LogP contribution in [0.1, 0.15) is 25.0 Å². The fourth-order valence-electron chi connectivity index (χ4n) is 2.39. The van der Waals surface area contributed by atoms with E-state index in [1.54, 1.807) is 23.9 Å². The highest BCUT2D eigenvalue weighted by Crippen LogP contribution is 2.27. The molecule has 1 atom stereocenters. The van der Waals surface area contributed by atoms with Gasteiger partial charge >= 0.3 is 0 Å². The molecule has 2 rings (SSSR count). The molecule has 0 aliphatic rings. The molecule has 0 saturated carbocycles. The summed E-state index contributed by atoms with van der Waals surface area (Å²) < 4.78 is 25.4. The number of thioether (sulfide) groups is 1. The lowest BCUT2D eigenvalue weighted by molar-refractivity contribution is 0.459. The molecule has 130 valence electrons. The molecule has 0 saturated heterocycles. The summed E-state index contributed by atoms with van der Waals surface area (Å²) in [5, 5.41) is 0. The molecule has 2 aromatic carbocycles. The lowest BCUT2D eigenvalue weighted by Crippen LogP contribution is -2.23. The zero-order valence-corrected chi connectivity index (χ0v) is 16.5. The molecule has 2 aromatic rings. The summed E-state index contributed by atoms with van der Waals surface area (Å²) in [4.78, 5) is 1.62. The van der Waals surface area contributed by atoms with Crippen LogP contribution in [-0.2, 0) is 9.84 Å². The van der Waals surface area contributed by atoms with Crippen LogP contribution in [0.4, 0.5) is 0 Å². The molecule has 0 bridgehead atoms. The Morgan fingerprint density at radius 1 is 0.875 bits per heavy atom. The number of rotatable bonds is 7. The SMILES string of the molecule is Cc1ccc(SCC(CS(=O)(=O)c2ccc(C)cc2)C(C)C)cc1. The zero-order chi connectivity index (χ0) is 17.7. The maximum Gasteiger partial charge on any atom is 0.178 e. The number of sulfone groups is 1. The van der Waals surface area contributed by atoms with Crippen molar-refractivity contribution >= 4 is 21.6 Å². The van der Waals surface area contributed by atoms with E-state index >= 15 is 0 Å². The van der Waals surface area contributed by atoms with Gasteiger partial charge in [-0.05, 0) is 49.9 Å². The summed E-state index contributed by atoms with van der Waals surface area (Å²) >= 11 is 1.74. The Morgan fingerprint density at radius 2 is 1.38 bits per heavy atom. The van der Waals surface area contributed by atoms with Gasteiger partial charge in [-0.15, -0.1) is 11.8 Å². The molecular weight excluding hydrogens is 336 g/mol. The second-order valence-electron chi connectivity index (χ2n) is 6.72. The highest BCUT2D eigenvalue weighted by molar-refractivity contribution is 7.99. The van der Waals surface area contributed by atoms with Crippen molar-refractivity contribution in [1.82, 2.24) is 0 Å². The summed E-state index contributed by atoms with van der Waals surface area (Å²) in [6.45, 7) is 8.24. The van der Waals surface area contributed by atoms with Crippen LogP contribution in [0.15, 0.2) is 58.3 Å². The van der Waals surface area contributed by atoms with E-state index in [0.29, 0.717) is 10.8 Å². The van der Waals surface area contributed by atoms with E-state index < -0.39 is 9.84 Å². The summed E-state index contributed by atoms with van der Waals surface area (Å²) in [6, 6.07) is 15.5. The van der Waals surface area contributed by atoms with E-state index in [-0.39, 0.29) is 11.7 Å². The fraction of sp³-hybridized carbons (Fsp3) is 0.400. The largest absolute Gasteiger partial charge is 0.224 e. The third-order valence-corrected chi connectivity index (χ3v) is 7.30. The van der Waals surface area contributed by atoms with Crippen molar-refractivity contribution < 1.29 is 8.42 Å². The molecule has 0 aromatic heterocycles. The fourth-order valence-corrected chi connectivity index (χ4v) is 5.59. The van der Waals surface area contributed by atoms with Crippen molar-refractivity contribution in [1.29, 1.82) is 0 Å². The topological polar surface area (TPSA) is 34.1 Å². The van der Waals surface area contributed by atoms with Crippen molar-refractivity contribution in [2.45, 2.75) is 37.5 Å². The van der Waals surface area contributed by atoms with Crippen LogP contribution in [0.3, 0.4) is 0 Å². The quantitative estimate of drug-likeness (QED) is 0.639. The summed E-state index contributed by atoms with van der Waals surface area (Å²) in [5.74, 6) is 1.46. The average molecular weight is 363 g/mol. The van der Waals surface area contributed by atoms with Crippen molar-refractivity contribution in [3.63, 3.8) is 0 Å².